The first-order chi connectivity index (χ1) is 13.2. The number of hydrogen-bond donors (Lipinski definition) is 1. The second-order valence-corrected chi connectivity index (χ2v) is 6.47. The van der Waals surface area contributed by atoms with E-state index in [1.807, 2.05) is 67.6 Å². The number of nitriles is 1. The predicted molar refractivity (Wildman–Crippen MR) is 106 cm³/mol. The summed E-state index contributed by atoms with van der Waals surface area (Å²) in [5.74, 6) is -0.369. The van der Waals surface area contributed by atoms with Crippen LogP contribution in [0.1, 0.15) is 24.1 Å². The van der Waals surface area contributed by atoms with Gasteiger partial charge in [-0.1, -0.05) is 42.5 Å². The Morgan fingerprint density at radius 2 is 1.81 bits per heavy atom. The molecule has 0 unspecified atom stereocenters. The van der Waals surface area contributed by atoms with Gasteiger partial charge in [-0.05, 0) is 36.3 Å². The van der Waals surface area contributed by atoms with Gasteiger partial charge in [-0.15, -0.1) is 0 Å². The number of rotatable bonds is 5. The van der Waals surface area contributed by atoms with Gasteiger partial charge in [-0.2, -0.15) is 5.26 Å². The number of carbonyl (C=O) groups excluding carboxylic acids is 1. The molecule has 27 heavy (non-hydrogen) atoms. The Bertz CT molecular complexity index is 832. The van der Waals surface area contributed by atoms with E-state index in [2.05, 4.69) is 10.2 Å². The number of amides is 1. The highest BCUT2D eigenvalue weighted by atomic mass is 16.5. The Morgan fingerprint density at radius 3 is 2.44 bits per heavy atom. The highest BCUT2D eigenvalue weighted by Crippen LogP contribution is 2.18. The van der Waals surface area contributed by atoms with E-state index in [1.165, 1.54) is 0 Å². The van der Waals surface area contributed by atoms with E-state index in [-0.39, 0.29) is 17.5 Å². The zero-order chi connectivity index (χ0) is 19.1. The molecule has 0 aromatic heterocycles. The molecule has 5 heteroatoms. The van der Waals surface area contributed by atoms with Crippen LogP contribution in [0.25, 0.3) is 6.08 Å². The fraction of sp³-hybridized carbons (Fsp3) is 0.273. The number of nitrogens with one attached hydrogen (secondary N) is 1. The van der Waals surface area contributed by atoms with Crippen molar-refractivity contribution in [2.24, 2.45) is 0 Å². The summed E-state index contributed by atoms with van der Waals surface area (Å²) < 4.78 is 5.37. The van der Waals surface area contributed by atoms with Crippen molar-refractivity contribution >= 4 is 17.7 Å². The van der Waals surface area contributed by atoms with Crippen LogP contribution in [0.15, 0.2) is 60.2 Å². The fourth-order valence-electron chi connectivity index (χ4n) is 3.02. The first kappa shape index (κ1) is 18.7. The average Bonchev–Trinajstić information content (AvgIpc) is 2.73. The Morgan fingerprint density at radius 1 is 1.15 bits per heavy atom. The standard InChI is InChI=1S/C22H23N3O2/c1-17(19-5-3-2-4-6-19)24-22(26)20(16-23)15-18-7-9-21(10-8-18)25-11-13-27-14-12-25/h2-10,15,17H,11-14H2,1H3,(H,24,26)/b20-15+/t17-/m1/s1. The molecule has 1 fully saturated rings. The minimum absolute atomic E-state index is 0.0944. The molecule has 5 nitrogen and oxygen atoms in total. The maximum absolute atomic E-state index is 12.5. The van der Waals surface area contributed by atoms with E-state index in [0.29, 0.717) is 0 Å². The molecule has 1 N–H and O–H groups in total. The van der Waals surface area contributed by atoms with Crippen molar-refractivity contribution in [1.29, 1.82) is 5.26 Å². The van der Waals surface area contributed by atoms with E-state index in [1.54, 1.807) is 6.08 Å². The molecule has 2 aromatic rings. The second-order valence-electron chi connectivity index (χ2n) is 6.47. The summed E-state index contributed by atoms with van der Waals surface area (Å²) in [4.78, 5) is 14.7. The minimum atomic E-state index is -0.369. The first-order valence-electron chi connectivity index (χ1n) is 9.08. The predicted octanol–water partition coefficient (Wildman–Crippen LogP) is 3.31. The van der Waals surface area contributed by atoms with Crippen molar-refractivity contribution in [3.8, 4) is 6.07 Å². The molecule has 1 amide bonds. The number of anilines is 1. The van der Waals surface area contributed by atoms with Crippen LogP contribution < -0.4 is 10.2 Å². The lowest BCUT2D eigenvalue weighted by Crippen LogP contribution is -2.36. The van der Waals surface area contributed by atoms with Crippen LogP contribution >= 0.6 is 0 Å². The quantitative estimate of drug-likeness (QED) is 0.655. The lowest BCUT2D eigenvalue weighted by molar-refractivity contribution is -0.117. The van der Waals surface area contributed by atoms with E-state index >= 15 is 0 Å². The van der Waals surface area contributed by atoms with E-state index in [9.17, 15) is 10.1 Å². The van der Waals surface area contributed by atoms with Crippen molar-refractivity contribution in [3.05, 3.63) is 71.3 Å². The van der Waals surface area contributed by atoms with Crippen molar-refractivity contribution in [2.45, 2.75) is 13.0 Å². The molecule has 1 heterocycles. The summed E-state index contributed by atoms with van der Waals surface area (Å²) in [6.45, 7) is 5.12. The number of nitrogens with zero attached hydrogens (tertiary/aromatic N) is 2. The van der Waals surface area contributed by atoms with E-state index in [0.717, 1.165) is 43.1 Å². The van der Waals surface area contributed by atoms with Gasteiger partial charge in [0.25, 0.3) is 5.91 Å². The maximum atomic E-state index is 12.5. The Kier molecular flexibility index (Phi) is 6.24. The molecule has 0 spiro atoms. The van der Waals surface area contributed by atoms with Crippen molar-refractivity contribution < 1.29 is 9.53 Å². The van der Waals surface area contributed by atoms with Gasteiger partial charge >= 0.3 is 0 Å². The summed E-state index contributed by atoms with van der Waals surface area (Å²) in [5, 5.41) is 12.3. The molecule has 1 atom stereocenters. The Hall–Kier alpha value is -3.10. The van der Waals surface area contributed by atoms with Crippen LogP contribution in [0.4, 0.5) is 5.69 Å². The second kappa shape index (κ2) is 9.02. The Balaban J connectivity index is 1.68. The van der Waals surface area contributed by atoms with Gasteiger partial charge in [-0.3, -0.25) is 4.79 Å². The number of morpholine rings is 1. The summed E-state index contributed by atoms with van der Waals surface area (Å²) in [5.41, 5.74) is 3.04. The zero-order valence-electron chi connectivity index (χ0n) is 15.4. The van der Waals surface area contributed by atoms with Crippen LogP contribution in [0.5, 0.6) is 0 Å². The molecule has 1 aliphatic rings. The van der Waals surface area contributed by atoms with Gasteiger partial charge in [-0.25, -0.2) is 0 Å². The molecule has 3 rings (SSSR count). The monoisotopic (exact) mass is 361 g/mol. The Labute approximate surface area is 159 Å². The highest BCUT2D eigenvalue weighted by molar-refractivity contribution is 6.01. The fourth-order valence-corrected chi connectivity index (χ4v) is 3.02. The molecular weight excluding hydrogens is 338 g/mol. The molecular formula is C22H23N3O2. The third-order valence-corrected chi connectivity index (χ3v) is 4.59. The van der Waals surface area contributed by atoms with Crippen molar-refractivity contribution in [1.82, 2.24) is 5.32 Å². The van der Waals surface area contributed by atoms with E-state index in [4.69, 9.17) is 4.74 Å². The normalized spacial score (nSPS) is 15.7. The van der Waals surface area contributed by atoms with Gasteiger partial charge < -0.3 is 15.0 Å². The van der Waals surface area contributed by atoms with Gasteiger partial charge in [0.05, 0.1) is 19.3 Å². The lowest BCUT2D eigenvalue weighted by Gasteiger charge is -2.28. The van der Waals surface area contributed by atoms with Crippen molar-refractivity contribution in [2.75, 3.05) is 31.2 Å². The summed E-state index contributed by atoms with van der Waals surface area (Å²) >= 11 is 0. The molecule has 0 aliphatic carbocycles. The minimum Gasteiger partial charge on any atom is -0.378 e. The van der Waals surface area contributed by atoms with E-state index < -0.39 is 0 Å². The number of benzene rings is 2. The highest BCUT2D eigenvalue weighted by Gasteiger charge is 2.14. The zero-order valence-corrected chi connectivity index (χ0v) is 15.4. The van der Waals surface area contributed by atoms with Gasteiger partial charge in [0, 0.05) is 18.8 Å². The largest absolute Gasteiger partial charge is 0.378 e. The summed E-state index contributed by atoms with van der Waals surface area (Å²) in [6.07, 6.45) is 1.62. The van der Waals surface area contributed by atoms with Crippen LogP contribution in [0, 0.1) is 11.3 Å². The molecule has 1 saturated heterocycles. The number of ether oxygens (including phenoxy) is 1. The van der Waals surface area contributed by atoms with Gasteiger partial charge in [0.1, 0.15) is 11.6 Å². The average molecular weight is 361 g/mol. The molecule has 0 saturated carbocycles. The molecule has 138 valence electrons. The van der Waals surface area contributed by atoms with Crippen LogP contribution in [0.3, 0.4) is 0 Å². The smallest absolute Gasteiger partial charge is 0.262 e. The summed E-state index contributed by atoms with van der Waals surface area (Å²) in [7, 11) is 0. The number of hydrogen-bond acceptors (Lipinski definition) is 4. The topological polar surface area (TPSA) is 65.4 Å². The van der Waals surface area contributed by atoms with Gasteiger partial charge in [0.2, 0.25) is 0 Å². The van der Waals surface area contributed by atoms with Crippen LogP contribution in [0.2, 0.25) is 0 Å². The SMILES string of the molecule is C[C@@H](NC(=O)/C(C#N)=C/c1ccc(N2CCOCC2)cc1)c1ccccc1. The molecule has 1 aliphatic heterocycles. The van der Waals surface area contributed by atoms with Crippen LogP contribution in [-0.4, -0.2) is 32.2 Å². The lowest BCUT2D eigenvalue weighted by atomic mass is 10.1. The third-order valence-electron chi connectivity index (χ3n) is 4.59. The van der Waals surface area contributed by atoms with Crippen molar-refractivity contribution in [3.63, 3.8) is 0 Å². The molecule has 0 radical (unpaired) electrons. The first-order valence-corrected chi connectivity index (χ1v) is 9.08. The molecule has 2 aromatic carbocycles. The third kappa shape index (κ3) is 4.96. The van der Waals surface area contributed by atoms with Crippen LogP contribution in [-0.2, 0) is 9.53 Å². The summed E-state index contributed by atoms with van der Waals surface area (Å²) in [6, 6.07) is 19.4. The maximum Gasteiger partial charge on any atom is 0.262 e. The van der Waals surface area contributed by atoms with Gasteiger partial charge in [0.15, 0.2) is 0 Å². The molecule has 0 bridgehead atoms. The number of carbonyl (C=O) groups is 1.